The van der Waals surface area contributed by atoms with E-state index in [2.05, 4.69) is 39.5 Å². The number of nitrogens with one attached hydrogen (secondary N) is 1. The van der Waals surface area contributed by atoms with Gasteiger partial charge in [-0.25, -0.2) is 0 Å². The van der Waals surface area contributed by atoms with Crippen molar-refractivity contribution in [2.45, 2.75) is 39.3 Å². The average molecular weight is 349 g/mol. The monoisotopic (exact) mass is 349 g/mol. The Morgan fingerprint density at radius 1 is 1.12 bits per heavy atom. The number of hydrogen-bond donors (Lipinski definition) is 1. The van der Waals surface area contributed by atoms with Crippen LogP contribution in [0.3, 0.4) is 0 Å². The van der Waals surface area contributed by atoms with Crippen molar-refractivity contribution in [2.75, 3.05) is 13.1 Å². The quantitative estimate of drug-likeness (QED) is 0.809. The molecule has 2 heterocycles. The van der Waals surface area contributed by atoms with Crippen LogP contribution in [0.2, 0.25) is 0 Å². The van der Waals surface area contributed by atoms with E-state index in [-0.39, 0.29) is 5.91 Å². The summed E-state index contributed by atoms with van der Waals surface area (Å²) in [5, 5.41) is 2.93. The molecule has 1 aromatic heterocycles. The molecule has 0 unspecified atom stereocenters. The number of rotatable bonds is 6. The molecule has 1 saturated heterocycles. The fourth-order valence-electron chi connectivity index (χ4n) is 3.21. The molecule has 0 aliphatic carbocycles. The highest BCUT2D eigenvalue weighted by molar-refractivity contribution is 5.91. The van der Waals surface area contributed by atoms with E-state index in [0.29, 0.717) is 6.54 Å². The lowest BCUT2D eigenvalue weighted by Crippen LogP contribution is -2.29. The molecule has 0 bridgehead atoms. The topological polar surface area (TPSA) is 45.2 Å². The molecule has 0 saturated carbocycles. The molecule has 0 atom stereocenters. The number of carbonyl (C=O) groups is 1. The van der Waals surface area contributed by atoms with Crippen molar-refractivity contribution in [3.8, 4) is 0 Å². The molecule has 1 fully saturated rings. The Morgan fingerprint density at radius 3 is 2.58 bits per heavy atom. The lowest BCUT2D eigenvalue weighted by molar-refractivity contribution is -0.116. The first kappa shape index (κ1) is 18.3. The fraction of sp³-hybridized carbons (Fsp3) is 0.364. The van der Waals surface area contributed by atoms with Gasteiger partial charge in [0.25, 0.3) is 0 Å². The molecule has 4 nitrogen and oxygen atoms in total. The zero-order chi connectivity index (χ0) is 18.2. The first-order valence-electron chi connectivity index (χ1n) is 9.38. The Balaban J connectivity index is 1.46. The fourth-order valence-corrected chi connectivity index (χ4v) is 3.21. The van der Waals surface area contributed by atoms with Crippen LogP contribution in [0.4, 0.5) is 0 Å². The first-order valence-corrected chi connectivity index (χ1v) is 9.38. The van der Waals surface area contributed by atoms with E-state index < -0.39 is 0 Å². The number of aromatic nitrogens is 1. The lowest BCUT2D eigenvalue weighted by Gasteiger charge is -2.26. The molecule has 26 heavy (non-hydrogen) atoms. The van der Waals surface area contributed by atoms with Gasteiger partial charge in [0.1, 0.15) is 0 Å². The second-order valence-electron chi connectivity index (χ2n) is 6.91. The third-order valence-electron chi connectivity index (χ3n) is 4.79. The molecule has 2 aromatic rings. The van der Waals surface area contributed by atoms with Crippen LogP contribution in [0.15, 0.2) is 48.7 Å². The van der Waals surface area contributed by atoms with Crippen molar-refractivity contribution in [3.63, 3.8) is 0 Å². The van der Waals surface area contributed by atoms with Crippen LogP contribution in [0.25, 0.3) is 6.08 Å². The highest BCUT2D eigenvalue weighted by Gasteiger charge is 2.10. The van der Waals surface area contributed by atoms with E-state index in [1.807, 2.05) is 19.1 Å². The molecule has 0 radical (unpaired) electrons. The van der Waals surface area contributed by atoms with Crippen molar-refractivity contribution in [3.05, 3.63) is 71.1 Å². The predicted octanol–water partition coefficient (Wildman–Crippen LogP) is 3.71. The summed E-state index contributed by atoms with van der Waals surface area (Å²) >= 11 is 0. The van der Waals surface area contributed by atoms with Gasteiger partial charge in [0.2, 0.25) is 5.91 Å². The summed E-state index contributed by atoms with van der Waals surface area (Å²) in [6, 6.07) is 12.4. The number of piperidine rings is 1. The second kappa shape index (κ2) is 9.30. The maximum absolute atomic E-state index is 12.0. The third kappa shape index (κ3) is 5.53. The number of aryl methyl sites for hydroxylation is 1. The van der Waals surface area contributed by atoms with Crippen LogP contribution in [0, 0.1) is 6.92 Å². The molecule has 1 N–H and O–H groups in total. The summed E-state index contributed by atoms with van der Waals surface area (Å²) in [5.74, 6) is -0.104. The average Bonchev–Trinajstić information content (AvgIpc) is 2.68. The summed E-state index contributed by atoms with van der Waals surface area (Å²) in [6.07, 6.45) is 9.03. The molecule has 1 aliphatic rings. The highest BCUT2D eigenvalue weighted by Crippen LogP contribution is 2.13. The molecule has 0 spiro atoms. The lowest BCUT2D eigenvalue weighted by atomic mass is 10.1. The van der Waals surface area contributed by atoms with Gasteiger partial charge in [0.05, 0.1) is 5.69 Å². The molecule has 136 valence electrons. The van der Waals surface area contributed by atoms with Crippen molar-refractivity contribution < 1.29 is 4.79 Å². The molecule has 1 amide bonds. The number of hydrogen-bond acceptors (Lipinski definition) is 3. The number of benzene rings is 1. The van der Waals surface area contributed by atoms with Crippen LogP contribution in [-0.2, 0) is 17.9 Å². The molecular formula is C22H27N3O. The number of pyridine rings is 1. The Hall–Kier alpha value is -2.46. The number of carbonyl (C=O) groups excluding carboxylic acids is 1. The molecule has 3 rings (SSSR count). The largest absolute Gasteiger partial charge is 0.348 e. The van der Waals surface area contributed by atoms with Gasteiger partial charge in [-0.15, -0.1) is 0 Å². The molecular weight excluding hydrogens is 322 g/mol. The Labute approximate surface area is 155 Å². The molecule has 1 aliphatic heterocycles. The van der Waals surface area contributed by atoms with Crippen molar-refractivity contribution in [1.29, 1.82) is 0 Å². The smallest absolute Gasteiger partial charge is 0.244 e. The summed E-state index contributed by atoms with van der Waals surface area (Å²) in [6.45, 7) is 5.96. The summed E-state index contributed by atoms with van der Waals surface area (Å²) in [5.41, 5.74) is 4.33. The van der Waals surface area contributed by atoms with E-state index in [1.54, 1.807) is 18.3 Å². The number of likely N-dealkylation sites (tertiary alicyclic amines) is 1. The normalized spacial score (nSPS) is 15.3. The number of amides is 1. The van der Waals surface area contributed by atoms with Crippen molar-refractivity contribution in [1.82, 2.24) is 15.2 Å². The summed E-state index contributed by atoms with van der Waals surface area (Å²) < 4.78 is 0. The van der Waals surface area contributed by atoms with Gasteiger partial charge in [0, 0.05) is 25.4 Å². The number of nitrogens with zero attached hydrogens (tertiary/aromatic N) is 2. The van der Waals surface area contributed by atoms with E-state index in [1.165, 1.54) is 37.9 Å². The zero-order valence-corrected chi connectivity index (χ0v) is 15.4. The van der Waals surface area contributed by atoms with E-state index in [0.717, 1.165) is 23.4 Å². The standard InChI is InChI=1S/C22H27N3O/c1-18-6-5-13-23-21(18)11-12-22(26)24-16-19-7-9-20(10-8-19)17-25-14-3-2-4-15-25/h5-13H,2-4,14-17H2,1H3,(H,24,26)/b12-11+. The van der Waals surface area contributed by atoms with Gasteiger partial charge in [-0.3, -0.25) is 14.7 Å². The van der Waals surface area contributed by atoms with E-state index >= 15 is 0 Å². The van der Waals surface area contributed by atoms with Crippen LogP contribution < -0.4 is 5.32 Å². The minimum absolute atomic E-state index is 0.104. The van der Waals surface area contributed by atoms with Gasteiger partial charge in [-0.05, 0) is 61.7 Å². The Morgan fingerprint density at radius 2 is 1.85 bits per heavy atom. The third-order valence-corrected chi connectivity index (χ3v) is 4.79. The minimum Gasteiger partial charge on any atom is -0.348 e. The second-order valence-corrected chi connectivity index (χ2v) is 6.91. The summed E-state index contributed by atoms with van der Waals surface area (Å²) in [4.78, 5) is 18.8. The van der Waals surface area contributed by atoms with Crippen LogP contribution in [0.1, 0.15) is 41.6 Å². The minimum atomic E-state index is -0.104. The van der Waals surface area contributed by atoms with Crippen LogP contribution >= 0.6 is 0 Å². The Kier molecular flexibility index (Phi) is 6.56. The van der Waals surface area contributed by atoms with Gasteiger partial charge in [0.15, 0.2) is 0 Å². The van der Waals surface area contributed by atoms with Gasteiger partial charge in [-0.1, -0.05) is 36.8 Å². The molecule has 1 aromatic carbocycles. The SMILES string of the molecule is Cc1cccnc1/C=C/C(=O)NCc1ccc(CN2CCCCC2)cc1. The maximum Gasteiger partial charge on any atom is 0.244 e. The van der Waals surface area contributed by atoms with Crippen molar-refractivity contribution >= 4 is 12.0 Å². The first-order chi connectivity index (χ1) is 12.7. The van der Waals surface area contributed by atoms with Gasteiger partial charge < -0.3 is 5.32 Å². The van der Waals surface area contributed by atoms with Gasteiger partial charge >= 0.3 is 0 Å². The summed E-state index contributed by atoms with van der Waals surface area (Å²) in [7, 11) is 0. The zero-order valence-electron chi connectivity index (χ0n) is 15.4. The Bertz CT molecular complexity index is 746. The maximum atomic E-state index is 12.0. The van der Waals surface area contributed by atoms with E-state index in [4.69, 9.17) is 0 Å². The predicted molar refractivity (Wildman–Crippen MR) is 105 cm³/mol. The highest BCUT2D eigenvalue weighted by atomic mass is 16.1. The van der Waals surface area contributed by atoms with Crippen LogP contribution in [-0.4, -0.2) is 28.9 Å². The van der Waals surface area contributed by atoms with Crippen molar-refractivity contribution in [2.24, 2.45) is 0 Å². The van der Waals surface area contributed by atoms with Gasteiger partial charge in [-0.2, -0.15) is 0 Å². The van der Waals surface area contributed by atoms with Crippen LogP contribution in [0.5, 0.6) is 0 Å². The van der Waals surface area contributed by atoms with E-state index in [9.17, 15) is 4.79 Å². The molecule has 4 heteroatoms.